The van der Waals surface area contributed by atoms with Gasteiger partial charge in [-0.15, -0.1) is 0 Å². The van der Waals surface area contributed by atoms with Crippen LogP contribution < -0.4 is 0 Å². The summed E-state index contributed by atoms with van der Waals surface area (Å²) in [5.74, 6) is 0.800. The predicted molar refractivity (Wildman–Crippen MR) is 206 cm³/mol. The van der Waals surface area contributed by atoms with E-state index in [9.17, 15) is 14.4 Å². The van der Waals surface area contributed by atoms with Gasteiger partial charge in [-0.25, -0.2) is 0 Å². The van der Waals surface area contributed by atoms with E-state index in [2.05, 4.69) is 34.6 Å². The Hall–Kier alpha value is -1.59. The molecule has 0 aromatic heterocycles. The van der Waals surface area contributed by atoms with Gasteiger partial charge in [0.1, 0.15) is 13.2 Å². The van der Waals surface area contributed by atoms with E-state index < -0.39 is 6.10 Å². The zero-order chi connectivity index (χ0) is 36.2. The second kappa shape index (κ2) is 36.2. The van der Waals surface area contributed by atoms with Crippen molar-refractivity contribution in [3.05, 3.63) is 0 Å². The molecule has 1 unspecified atom stereocenters. The highest BCUT2D eigenvalue weighted by Crippen LogP contribution is 2.17. The number of rotatable bonds is 37. The molecular weight excluding hydrogens is 612 g/mol. The fraction of sp³-hybridized carbons (Fsp3) is 0.930. The number of hydrogen-bond donors (Lipinski definition) is 0. The van der Waals surface area contributed by atoms with E-state index in [1.807, 2.05) is 0 Å². The number of ether oxygens (including phenoxy) is 3. The average Bonchev–Trinajstić information content (AvgIpc) is 3.08. The fourth-order valence-corrected chi connectivity index (χ4v) is 6.19. The lowest BCUT2D eigenvalue weighted by Crippen LogP contribution is -2.30. The van der Waals surface area contributed by atoms with Crippen molar-refractivity contribution < 1.29 is 28.6 Å². The van der Waals surface area contributed by atoms with Crippen LogP contribution in [0.3, 0.4) is 0 Å². The first-order chi connectivity index (χ1) is 23.8. The van der Waals surface area contributed by atoms with Crippen molar-refractivity contribution in [2.75, 3.05) is 13.2 Å². The van der Waals surface area contributed by atoms with Crippen LogP contribution in [0.25, 0.3) is 0 Å². The molecule has 0 fully saturated rings. The van der Waals surface area contributed by atoms with Crippen LogP contribution in [-0.2, 0) is 28.6 Å². The molecule has 0 heterocycles. The first kappa shape index (κ1) is 47.4. The summed E-state index contributed by atoms with van der Waals surface area (Å²) < 4.78 is 16.6. The molecule has 0 aromatic carbocycles. The third-order valence-electron chi connectivity index (χ3n) is 9.83. The topological polar surface area (TPSA) is 78.9 Å². The molecule has 49 heavy (non-hydrogen) atoms. The minimum absolute atomic E-state index is 0.0667. The quantitative estimate of drug-likeness (QED) is 0.0366. The van der Waals surface area contributed by atoms with Crippen LogP contribution in [0.1, 0.15) is 227 Å². The Bertz CT molecular complexity index is 751. The lowest BCUT2D eigenvalue weighted by atomic mass is 9.99. The van der Waals surface area contributed by atoms with Gasteiger partial charge in [0.25, 0.3) is 0 Å². The molecule has 6 heteroatoms. The Morgan fingerprint density at radius 3 is 1.16 bits per heavy atom. The predicted octanol–water partition coefficient (Wildman–Crippen LogP) is 13.0. The van der Waals surface area contributed by atoms with Crippen LogP contribution in [0.15, 0.2) is 0 Å². The largest absolute Gasteiger partial charge is 0.462 e. The highest BCUT2D eigenvalue weighted by atomic mass is 16.6. The van der Waals surface area contributed by atoms with Crippen molar-refractivity contribution in [2.24, 2.45) is 11.8 Å². The minimum Gasteiger partial charge on any atom is -0.462 e. The van der Waals surface area contributed by atoms with Crippen molar-refractivity contribution in [1.82, 2.24) is 0 Å². The molecule has 0 saturated heterocycles. The number of carbonyl (C=O) groups excluding carboxylic acids is 3. The first-order valence-corrected chi connectivity index (χ1v) is 21.3. The monoisotopic (exact) mass is 695 g/mol. The van der Waals surface area contributed by atoms with Crippen molar-refractivity contribution in [2.45, 2.75) is 233 Å². The summed E-state index contributed by atoms with van der Waals surface area (Å²) in [6, 6.07) is 0. The fourth-order valence-electron chi connectivity index (χ4n) is 6.19. The number of hydrogen-bond acceptors (Lipinski definition) is 6. The Balaban J connectivity index is 4.24. The van der Waals surface area contributed by atoms with Gasteiger partial charge in [-0.3, -0.25) is 14.4 Å². The summed E-state index contributed by atoms with van der Waals surface area (Å²) in [4.78, 5) is 37.4. The van der Waals surface area contributed by atoms with Gasteiger partial charge in [-0.1, -0.05) is 189 Å². The van der Waals surface area contributed by atoms with Gasteiger partial charge < -0.3 is 14.2 Å². The van der Waals surface area contributed by atoms with Gasteiger partial charge in [-0.05, 0) is 31.1 Å². The van der Waals surface area contributed by atoms with Crippen LogP contribution in [0, 0.1) is 11.8 Å². The SMILES string of the molecule is CCCCCCCC(=O)OC[C@H](COC(=O)CCCCCCCCCCCC(C)C)OC(=O)CCCCCCCCCCCCC(C)CC. The second-order valence-corrected chi connectivity index (χ2v) is 15.3. The van der Waals surface area contributed by atoms with Gasteiger partial charge in [0.05, 0.1) is 0 Å². The lowest BCUT2D eigenvalue weighted by Gasteiger charge is -2.18. The smallest absolute Gasteiger partial charge is 0.306 e. The minimum atomic E-state index is -0.758. The molecule has 0 bridgehead atoms. The van der Waals surface area contributed by atoms with Crippen LogP contribution >= 0.6 is 0 Å². The standard InChI is InChI=1S/C43H82O6/c1-6-8-9-21-28-33-41(44)47-36-40(37-48-42(45)34-29-24-19-16-12-13-17-22-26-31-38(3)4)49-43(46)35-30-25-20-15-11-10-14-18-23-27-32-39(5)7-2/h38-40H,6-37H2,1-5H3/t39?,40-/m1/s1. The molecule has 0 spiro atoms. The third-order valence-corrected chi connectivity index (χ3v) is 9.83. The molecule has 0 radical (unpaired) electrons. The maximum Gasteiger partial charge on any atom is 0.306 e. The summed E-state index contributed by atoms with van der Waals surface area (Å²) in [6.45, 7) is 11.2. The van der Waals surface area contributed by atoms with Crippen molar-refractivity contribution in [1.29, 1.82) is 0 Å². The molecule has 0 rings (SSSR count). The molecule has 0 aliphatic carbocycles. The van der Waals surface area contributed by atoms with E-state index in [4.69, 9.17) is 14.2 Å². The van der Waals surface area contributed by atoms with E-state index in [-0.39, 0.29) is 31.1 Å². The zero-order valence-electron chi connectivity index (χ0n) is 33.3. The molecule has 0 aliphatic rings. The van der Waals surface area contributed by atoms with Crippen LogP contribution in [-0.4, -0.2) is 37.2 Å². The van der Waals surface area contributed by atoms with Crippen LogP contribution in [0.5, 0.6) is 0 Å². The molecule has 0 amide bonds. The summed E-state index contributed by atoms with van der Waals surface area (Å²) in [5.41, 5.74) is 0. The number of carbonyl (C=O) groups is 3. The second-order valence-electron chi connectivity index (χ2n) is 15.3. The maximum atomic E-state index is 12.6. The van der Waals surface area contributed by atoms with Gasteiger partial charge >= 0.3 is 17.9 Å². The normalized spacial score (nSPS) is 12.6. The van der Waals surface area contributed by atoms with E-state index in [1.54, 1.807) is 0 Å². The van der Waals surface area contributed by atoms with E-state index in [0.29, 0.717) is 19.3 Å². The highest BCUT2D eigenvalue weighted by molar-refractivity contribution is 5.71. The molecule has 2 atom stereocenters. The Kier molecular flexibility index (Phi) is 35.0. The summed E-state index contributed by atoms with van der Waals surface area (Å²) in [5, 5.41) is 0. The molecule has 290 valence electrons. The number of unbranched alkanes of at least 4 members (excludes halogenated alkanes) is 21. The first-order valence-electron chi connectivity index (χ1n) is 21.3. The zero-order valence-corrected chi connectivity index (χ0v) is 33.3. The van der Waals surface area contributed by atoms with Gasteiger partial charge in [-0.2, -0.15) is 0 Å². The Morgan fingerprint density at radius 1 is 0.429 bits per heavy atom. The molecular formula is C43H82O6. The summed E-state index contributed by atoms with van der Waals surface area (Å²) >= 11 is 0. The van der Waals surface area contributed by atoms with Gasteiger partial charge in [0.15, 0.2) is 6.10 Å². The van der Waals surface area contributed by atoms with E-state index in [1.165, 1.54) is 109 Å². The highest BCUT2D eigenvalue weighted by Gasteiger charge is 2.19. The maximum absolute atomic E-state index is 12.6. The molecule has 6 nitrogen and oxygen atoms in total. The summed E-state index contributed by atoms with van der Waals surface area (Å²) in [7, 11) is 0. The van der Waals surface area contributed by atoms with E-state index >= 15 is 0 Å². The molecule has 0 saturated carbocycles. The lowest BCUT2D eigenvalue weighted by molar-refractivity contribution is -0.167. The third kappa shape index (κ3) is 36.0. The molecule has 0 aromatic rings. The van der Waals surface area contributed by atoms with Gasteiger partial charge in [0.2, 0.25) is 0 Å². The summed E-state index contributed by atoms with van der Waals surface area (Å²) in [6.07, 6.45) is 32.5. The van der Waals surface area contributed by atoms with Crippen molar-refractivity contribution in [3.63, 3.8) is 0 Å². The number of esters is 3. The van der Waals surface area contributed by atoms with Crippen molar-refractivity contribution in [3.8, 4) is 0 Å². The molecule has 0 aliphatic heterocycles. The molecule has 0 N–H and O–H groups in total. The Morgan fingerprint density at radius 2 is 0.776 bits per heavy atom. The Labute approximate surface area is 304 Å². The van der Waals surface area contributed by atoms with Crippen LogP contribution in [0.2, 0.25) is 0 Å². The van der Waals surface area contributed by atoms with Gasteiger partial charge in [0, 0.05) is 19.3 Å². The average molecular weight is 695 g/mol. The van der Waals surface area contributed by atoms with E-state index in [0.717, 1.165) is 76.0 Å². The van der Waals surface area contributed by atoms with Crippen LogP contribution in [0.4, 0.5) is 0 Å². The van der Waals surface area contributed by atoms with Crippen molar-refractivity contribution >= 4 is 17.9 Å².